The van der Waals surface area contributed by atoms with Gasteiger partial charge in [-0.15, -0.1) is 0 Å². The summed E-state index contributed by atoms with van der Waals surface area (Å²) >= 11 is -2.04. The third-order valence-electron chi connectivity index (χ3n) is 3.36. The van der Waals surface area contributed by atoms with E-state index in [1.165, 1.54) is 18.5 Å². The molecule has 1 N–H and O–H groups in total. The molecule has 3 aromatic rings. The molecule has 7 heteroatoms. The van der Waals surface area contributed by atoms with E-state index in [1.54, 1.807) is 30.3 Å². The Morgan fingerprint density at radius 1 is 1.00 bits per heavy atom. The van der Waals surface area contributed by atoms with Crippen molar-refractivity contribution in [3.05, 3.63) is 72.2 Å². The van der Waals surface area contributed by atoms with Crippen molar-refractivity contribution in [1.82, 2.24) is 9.97 Å². The summed E-state index contributed by atoms with van der Waals surface area (Å²) in [7, 11) is 0. The van der Waals surface area contributed by atoms with Gasteiger partial charge in [-0.05, 0) is 0 Å². The average Bonchev–Trinajstić information content (AvgIpc) is 2.55. The summed E-state index contributed by atoms with van der Waals surface area (Å²) in [6, 6.07) is 10.4. The van der Waals surface area contributed by atoms with Crippen molar-refractivity contribution in [2.45, 2.75) is 0 Å². The molecule has 0 aliphatic heterocycles. The molecule has 0 amide bonds. The quantitative estimate of drug-likeness (QED) is 0.690. The van der Waals surface area contributed by atoms with E-state index in [9.17, 15) is 18.7 Å². The van der Waals surface area contributed by atoms with Crippen molar-refractivity contribution in [1.29, 1.82) is 0 Å². The van der Waals surface area contributed by atoms with Crippen molar-refractivity contribution < 1.29 is 18.7 Å². The molecule has 0 atom stereocenters. The minimum atomic E-state index is -2.04. The molecular formula is C17H10F2InN2O2. The fraction of sp³-hybridized carbons (Fsp3) is 0. The zero-order valence-electron chi connectivity index (χ0n) is 12.3. The molecule has 117 valence electrons. The van der Waals surface area contributed by atoms with E-state index in [-0.39, 0.29) is 11.3 Å². The summed E-state index contributed by atoms with van der Waals surface area (Å²) in [6.45, 7) is 0. The molecule has 0 saturated heterocycles. The van der Waals surface area contributed by atoms with Crippen LogP contribution < -0.4 is 6.64 Å². The van der Waals surface area contributed by atoms with E-state index in [0.717, 1.165) is 6.07 Å². The number of carboxylic acid groups (broad SMARTS) is 1. The fourth-order valence-corrected chi connectivity index (χ4v) is 6.79. The van der Waals surface area contributed by atoms with Crippen molar-refractivity contribution >= 4 is 35.5 Å². The standard InChI is InChI=1S/C11H6F2N.C6H4NO2.In/c12-8-4-5-9(10(13)7-8)11-3-1-2-6-14-11;8-6(9)5-3-1-2-4-7-5;/h1-4,6-7H;1-2,4H,(H,8,9);. The van der Waals surface area contributed by atoms with Gasteiger partial charge in [0.2, 0.25) is 0 Å². The van der Waals surface area contributed by atoms with Gasteiger partial charge in [-0.2, -0.15) is 0 Å². The maximum atomic E-state index is 14.4. The van der Waals surface area contributed by atoms with Crippen LogP contribution in [0.5, 0.6) is 0 Å². The van der Waals surface area contributed by atoms with Crippen LogP contribution >= 0.6 is 0 Å². The van der Waals surface area contributed by atoms with Crippen molar-refractivity contribution in [3.8, 4) is 11.3 Å². The Balaban J connectivity index is 2.14. The van der Waals surface area contributed by atoms with E-state index < -0.39 is 40.5 Å². The van der Waals surface area contributed by atoms with Crippen LogP contribution in [0.3, 0.4) is 0 Å². The van der Waals surface area contributed by atoms with E-state index >= 15 is 0 Å². The molecular weight excluding hydrogens is 417 g/mol. The van der Waals surface area contributed by atoms with E-state index in [1.807, 2.05) is 0 Å². The Morgan fingerprint density at radius 3 is 2.50 bits per heavy atom. The minimum absolute atomic E-state index is 0.0599. The number of rotatable bonds is 4. The number of carbonyl (C=O) groups is 1. The fourth-order valence-electron chi connectivity index (χ4n) is 2.37. The Hall–Kier alpha value is -2.28. The maximum absolute atomic E-state index is 14.4. The second-order valence-corrected chi connectivity index (χ2v) is 9.33. The molecule has 0 saturated carbocycles. The topological polar surface area (TPSA) is 63.1 Å². The van der Waals surface area contributed by atoms with E-state index in [2.05, 4.69) is 9.97 Å². The van der Waals surface area contributed by atoms with Crippen LogP contribution in [0.1, 0.15) is 10.5 Å². The summed E-state index contributed by atoms with van der Waals surface area (Å²) in [4.78, 5) is 19.3. The van der Waals surface area contributed by atoms with Crippen molar-refractivity contribution in [2.75, 3.05) is 0 Å². The number of benzene rings is 1. The first-order valence-electron chi connectivity index (χ1n) is 7.00. The third kappa shape index (κ3) is 3.46. The van der Waals surface area contributed by atoms with Gasteiger partial charge in [0.05, 0.1) is 0 Å². The summed E-state index contributed by atoms with van der Waals surface area (Å²) in [6.07, 6.45) is 2.92. The van der Waals surface area contributed by atoms with Gasteiger partial charge in [0, 0.05) is 0 Å². The molecule has 1 aromatic carbocycles. The van der Waals surface area contributed by atoms with Gasteiger partial charge in [-0.1, -0.05) is 0 Å². The molecule has 0 spiro atoms. The van der Waals surface area contributed by atoms with Gasteiger partial charge in [0.25, 0.3) is 0 Å². The van der Waals surface area contributed by atoms with Gasteiger partial charge in [-0.25, -0.2) is 0 Å². The van der Waals surface area contributed by atoms with Crippen LogP contribution in [0.4, 0.5) is 8.78 Å². The predicted molar refractivity (Wildman–Crippen MR) is 85.8 cm³/mol. The number of pyridine rings is 2. The molecule has 2 heterocycles. The second-order valence-electron chi connectivity index (χ2n) is 4.96. The summed E-state index contributed by atoms with van der Waals surface area (Å²) < 4.78 is 29.2. The summed E-state index contributed by atoms with van der Waals surface area (Å²) in [5.41, 5.74) is 0.575. The number of hydrogen-bond acceptors (Lipinski definition) is 3. The van der Waals surface area contributed by atoms with Crippen LogP contribution in [-0.4, -0.2) is 44.0 Å². The van der Waals surface area contributed by atoms with Gasteiger partial charge < -0.3 is 0 Å². The molecule has 4 nitrogen and oxygen atoms in total. The van der Waals surface area contributed by atoms with E-state index in [4.69, 9.17) is 0 Å². The molecule has 0 unspecified atom stereocenters. The monoisotopic (exact) mass is 427 g/mol. The first-order valence-corrected chi connectivity index (χ1v) is 10.3. The molecule has 24 heavy (non-hydrogen) atoms. The first kappa shape index (κ1) is 16.6. The van der Waals surface area contributed by atoms with Gasteiger partial charge in [0.1, 0.15) is 0 Å². The summed E-state index contributed by atoms with van der Waals surface area (Å²) in [5, 5.41) is 9.25. The van der Waals surface area contributed by atoms with Crippen LogP contribution in [0.2, 0.25) is 0 Å². The zero-order valence-corrected chi connectivity index (χ0v) is 15.6. The summed E-state index contributed by atoms with van der Waals surface area (Å²) in [5.74, 6) is -2.53. The number of carboxylic acids is 1. The second kappa shape index (κ2) is 7.09. The van der Waals surface area contributed by atoms with Gasteiger partial charge in [0.15, 0.2) is 0 Å². The first-order chi connectivity index (χ1) is 11.6. The van der Waals surface area contributed by atoms with Crippen molar-refractivity contribution in [3.63, 3.8) is 0 Å². The molecule has 1 radical (unpaired) electrons. The van der Waals surface area contributed by atoms with Crippen LogP contribution in [-0.2, 0) is 0 Å². The number of nitrogens with zero attached hydrogens (tertiary/aromatic N) is 2. The molecule has 2 aromatic heterocycles. The third-order valence-corrected chi connectivity index (χ3v) is 7.76. The Labute approximate surface area is 147 Å². The number of hydrogen-bond donors (Lipinski definition) is 1. The Kier molecular flexibility index (Phi) is 4.89. The van der Waals surface area contributed by atoms with Gasteiger partial charge in [-0.3, -0.25) is 0 Å². The average molecular weight is 427 g/mol. The van der Waals surface area contributed by atoms with Crippen molar-refractivity contribution in [2.24, 2.45) is 0 Å². The SMILES string of the molecule is O=C(O)c1nccc[c]1[In][c]1cc(F)cc(F)c1-c1ccccn1. The molecule has 3 rings (SSSR count). The molecule has 0 aliphatic rings. The van der Waals surface area contributed by atoms with E-state index in [0.29, 0.717) is 12.3 Å². The molecule has 0 fully saturated rings. The van der Waals surface area contributed by atoms with Crippen LogP contribution in [0, 0.1) is 11.6 Å². The normalized spacial score (nSPS) is 10.4. The van der Waals surface area contributed by atoms with Crippen LogP contribution in [0.15, 0.2) is 54.9 Å². The number of halogens is 2. The Morgan fingerprint density at radius 2 is 1.79 bits per heavy atom. The number of aromatic nitrogens is 2. The molecule has 0 aliphatic carbocycles. The van der Waals surface area contributed by atoms with Crippen LogP contribution in [0.25, 0.3) is 11.3 Å². The number of aromatic carboxylic acids is 1. The molecule has 0 bridgehead atoms. The Bertz CT molecular complexity index is 904. The van der Waals surface area contributed by atoms with Gasteiger partial charge >= 0.3 is 148 Å². The zero-order chi connectivity index (χ0) is 17.1. The predicted octanol–water partition coefficient (Wildman–Crippen LogP) is 1.77.